The second-order valence-electron chi connectivity index (χ2n) is 8.69. The van der Waals surface area contributed by atoms with Crippen molar-refractivity contribution in [3.63, 3.8) is 0 Å². The van der Waals surface area contributed by atoms with Crippen LogP contribution in [0.2, 0.25) is 5.02 Å². The average Bonchev–Trinajstić information content (AvgIpc) is 3.37. The lowest BCUT2D eigenvalue weighted by Gasteiger charge is -2.25. The fourth-order valence-corrected chi connectivity index (χ4v) is 5.48. The molecular weight excluding hydrogens is 484 g/mol. The van der Waals surface area contributed by atoms with Crippen molar-refractivity contribution < 1.29 is 4.79 Å². The van der Waals surface area contributed by atoms with Gasteiger partial charge in [-0.15, -0.1) is 0 Å². The number of carbonyl (C=O) groups excluding carboxylic acids is 1. The standard InChI is InChI=1S/C25H25ClN6O2S/c1-15-12-17(16(2)31(15)19-8-6-18(26)7-9-19)13-20-23(27)32-25(28-24(20)34)35-21(29-32)14-22(33)30-10-4-3-5-11-30/h6-9,12-14,27,29H,3-5,10-11H2,1-2H3/b20-13+,21-14+,27-23?. The van der Waals surface area contributed by atoms with Crippen molar-refractivity contribution in [2.45, 2.75) is 33.1 Å². The van der Waals surface area contributed by atoms with Crippen LogP contribution >= 0.6 is 22.9 Å². The highest BCUT2D eigenvalue weighted by atomic mass is 35.5. The van der Waals surface area contributed by atoms with Gasteiger partial charge in [0, 0.05) is 41.3 Å². The molecule has 0 spiro atoms. The molecule has 0 aliphatic carbocycles. The van der Waals surface area contributed by atoms with Crippen LogP contribution in [-0.4, -0.2) is 43.2 Å². The molecule has 0 unspecified atom stereocenters. The molecule has 5 rings (SSSR count). The van der Waals surface area contributed by atoms with Crippen molar-refractivity contribution in [2.75, 3.05) is 13.1 Å². The maximum absolute atomic E-state index is 12.9. The number of fused-ring (bicyclic) bond motifs is 1. The van der Waals surface area contributed by atoms with Crippen molar-refractivity contribution in [2.24, 2.45) is 0 Å². The Balaban J connectivity index is 1.58. The number of H-pyrrole nitrogens is 1. The minimum Gasteiger partial charge on any atom is -0.339 e. The van der Waals surface area contributed by atoms with Crippen LogP contribution in [0.15, 0.2) is 35.1 Å². The molecule has 10 heteroatoms. The van der Waals surface area contributed by atoms with Crippen LogP contribution in [0.3, 0.4) is 0 Å². The van der Waals surface area contributed by atoms with E-state index < -0.39 is 5.56 Å². The molecule has 0 atom stereocenters. The summed E-state index contributed by atoms with van der Waals surface area (Å²) in [5, 5.41) is 12.9. The number of hydrogen-bond donors (Lipinski definition) is 2. The van der Waals surface area contributed by atoms with Gasteiger partial charge in [0.25, 0.3) is 5.56 Å². The minimum absolute atomic E-state index is 0.00221. The first-order chi connectivity index (χ1) is 16.8. The number of nitrogens with zero attached hydrogens (tertiary/aromatic N) is 4. The number of amides is 1. The third-order valence-corrected chi connectivity index (χ3v) is 7.44. The van der Waals surface area contributed by atoms with E-state index in [4.69, 9.17) is 17.0 Å². The molecule has 1 saturated heterocycles. The predicted molar refractivity (Wildman–Crippen MR) is 137 cm³/mol. The van der Waals surface area contributed by atoms with Crippen LogP contribution in [0.25, 0.3) is 23.0 Å². The summed E-state index contributed by atoms with van der Waals surface area (Å²) in [5.41, 5.74) is 3.24. The fourth-order valence-electron chi connectivity index (χ4n) is 4.50. The van der Waals surface area contributed by atoms with Gasteiger partial charge < -0.3 is 9.47 Å². The highest BCUT2D eigenvalue weighted by molar-refractivity contribution is 7.11. The number of piperidine rings is 1. The van der Waals surface area contributed by atoms with E-state index in [0.29, 0.717) is 14.8 Å². The van der Waals surface area contributed by atoms with Crippen molar-refractivity contribution >= 4 is 41.0 Å². The predicted octanol–water partition coefficient (Wildman–Crippen LogP) is 2.22. The Morgan fingerprint density at radius 1 is 1.17 bits per heavy atom. The summed E-state index contributed by atoms with van der Waals surface area (Å²) in [7, 11) is 0. The molecular formula is C25H25ClN6O2S. The van der Waals surface area contributed by atoms with Crippen LogP contribution < -0.4 is 20.9 Å². The molecule has 3 aliphatic heterocycles. The van der Waals surface area contributed by atoms with Gasteiger partial charge in [0.2, 0.25) is 11.0 Å². The molecule has 0 radical (unpaired) electrons. The van der Waals surface area contributed by atoms with Crippen molar-refractivity contribution in [1.82, 2.24) is 24.2 Å². The van der Waals surface area contributed by atoms with Crippen LogP contribution in [0, 0.1) is 19.3 Å². The van der Waals surface area contributed by atoms with Gasteiger partial charge in [-0.1, -0.05) is 22.9 Å². The lowest BCUT2D eigenvalue weighted by Crippen LogP contribution is -2.47. The number of nitrogens with one attached hydrogen (secondary N) is 2. The van der Waals surface area contributed by atoms with Gasteiger partial charge >= 0.3 is 0 Å². The largest absolute Gasteiger partial charge is 0.339 e. The molecule has 180 valence electrons. The molecule has 8 nitrogen and oxygen atoms in total. The smallest absolute Gasteiger partial charge is 0.283 e. The molecule has 1 fully saturated rings. The zero-order chi connectivity index (χ0) is 24.7. The molecule has 0 bridgehead atoms. The summed E-state index contributed by atoms with van der Waals surface area (Å²) < 4.78 is 4.08. The van der Waals surface area contributed by atoms with Gasteiger partial charge in [-0.25, -0.2) is 4.68 Å². The number of aryl methyl sites for hydroxylation is 1. The number of carbonyl (C=O) groups is 1. The van der Waals surface area contributed by atoms with Gasteiger partial charge in [0.1, 0.15) is 4.66 Å². The molecule has 2 N–H and O–H groups in total. The zero-order valence-electron chi connectivity index (χ0n) is 19.5. The number of aromatic amines is 1. The summed E-state index contributed by atoms with van der Waals surface area (Å²) in [6.45, 7) is 5.47. The minimum atomic E-state index is -0.476. The lowest BCUT2D eigenvalue weighted by molar-refractivity contribution is -0.125. The summed E-state index contributed by atoms with van der Waals surface area (Å²) >= 11 is 7.22. The Morgan fingerprint density at radius 3 is 2.60 bits per heavy atom. The number of aromatic nitrogens is 4. The van der Waals surface area contributed by atoms with Crippen LogP contribution in [0.1, 0.15) is 36.2 Å². The molecule has 1 aromatic carbocycles. The molecule has 0 saturated carbocycles. The Bertz CT molecular complexity index is 1620. The SMILES string of the molecule is Cc1cc(/C=c2/c(=O)nc3s/c(=C/C(=O)N4CCCCC4)[nH]n-3c2=N)c(C)n1-c1ccc(Cl)cc1. The highest BCUT2D eigenvalue weighted by Gasteiger charge is 2.16. The topological polar surface area (TPSA) is 99.8 Å². The number of rotatable bonds is 3. The van der Waals surface area contributed by atoms with Gasteiger partial charge in [-0.05, 0) is 75.1 Å². The number of benzene rings is 1. The first kappa shape index (κ1) is 23.3. The first-order valence-electron chi connectivity index (χ1n) is 11.5. The van der Waals surface area contributed by atoms with Crippen molar-refractivity contribution in [3.8, 4) is 10.8 Å². The van der Waals surface area contributed by atoms with E-state index in [1.165, 1.54) is 22.1 Å². The molecule has 3 aliphatic rings. The van der Waals surface area contributed by atoms with Crippen LogP contribution in [0.4, 0.5) is 0 Å². The van der Waals surface area contributed by atoms with Crippen LogP contribution in [0.5, 0.6) is 0 Å². The summed E-state index contributed by atoms with van der Waals surface area (Å²) in [5.74, 6) is -0.0663. The van der Waals surface area contributed by atoms with Gasteiger partial charge in [0.15, 0.2) is 5.49 Å². The van der Waals surface area contributed by atoms with E-state index in [0.717, 1.165) is 55.0 Å². The monoisotopic (exact) mass is 508 g/mol. The average molecular weight is 509 g/mol. The van der Waals surface area contributed by atoms with Crippen LogP contribution in [-0.2, 0) is 4.79 Å². The summed E-state index contributed by atoms with van der Waals surface area (Å²) in [6.07, 6.45) is 6.40. The molecule has 35 heavy (non-hydrogen) atoms. The third-order valence-electron chi connectivity index (χ3n) is 6.30. The Morgan fingerprint density at radius 2 is 1.89 bits per heavy atom. The van der Waals surface area contributed by atoms with E-state index in [9.17, 15) is 9.59 Å². The van der Waals surface area contributed by atoms with E-state index in [1.54, 1.807) is 6.08 Å². The summed E-state index contributed by atoms with van der Waals surface area (Å²) in [6, 6.07) is 9.53. The molecule has 1 aromatic heterocycles. The number of halogens is 1. The van der Waals surface area contributed by atoms with E-state index in [1.807, 2.05) is 49.1 Å². The van der Waals surface area contributed by atoms with E-state index in [-0.39, 0.29) is 16.6 Å². The van der Waals surface area contributed by atoms with Gasteiger partial charge in [-0.2, -0.15) is 4.98 Å². The number of hydrogen-bond acceptors (Lipinski definition) is 5. The number of likely N-dealkylation sites (tertiary alicyclic amines) is 1. The highest BCUT2D eigenvalue weighted by Crippen LogP contribution is 2.22. The van der Waals surface area contributed by atoms with Crippen molar-refractivity contribution in [1.29, 1.82) is 5.41 Å². The Labute approximate surface area is 210 Å². The third kappa shape index (κ3) is 4.49. The fraction of sp³-hybridized carbons (Fsp3) is 0.280. The van der Waals surface area contributed by atoms with Gasteiger partial charge in [-0.3, -0.25) is 20.1 Å². The summed E-state index contributed by atoms with van der Waals surface area (Å²) in [4.78, 5) is 31.5. The molecule has 4 heterocycles. The Kier molecular flexibility index (Phi) is 6.21. The molecule has 2 aromatic rings. The maximum atomic E-state index is 12.9. The quantitative estimate of drug-likeness (QED) is 0.444. The zero-order valence-corrected chi connectivity index (χ0v) is 21.0. The second kappa shape index (κ2) is 9.31. The molecule has 1 amide bonds. The Hall–Kier alpha value is -3.43. The van der Waals surface area contributed by atoms with E-state index in [2.05, 4.69) is 14.6 Å². The normalized spacial score (nSPS) is 15.3. The van der Waals surface area contributed by atoms with Crippen molar-refractivity contribution in [3.05, 3.63) is 78.0 Å². The van der Waals surface area contributed by atoms with Gasteiger partial charge in [0.05, 0.1) is 5.22 Å². The second-order valence-corrected chi connectivity index (χ2v) is 10.1. The first-order valence-corrected chi connectivity index (χ1v) is 12.6. The van der Waals surface area contributed by atoms with E-state index >= 15 is 0 Å². The maximum Gasteiger partial charge on any atom is 0.283 e. The lowest BCUT2D eigenvalue weighted by atomic mass is 10.1.